The molecule has 0 radical (unpaired) electrons. The van der Waals surface area contributed by atoms with Gasteiger partial charge in [0.25, 0.3) is 5.91 Å². The highest BCUT2D eigenvalue weighted by Crippen LogP contribution is 2.08. The van der Waals surface area contributed by atoms with Crippen LogP contribution < -0.4 is 5.32 Å². The second kappa shape index (κ2) is 6.13. The van der Waals surface area contributed by atoms with Crippen molar-refractivity contribution in [1.29, 1.82) is 0 Å². The van der Waals surface area contributed by atoms with Crippen LogP contribution in [-0.2, 0) is 0 Å². The number of amides is 1. The van der Waals surface area contributed by atoms with Crippen LogP contribution in [0.5, 0.6) is 0 Å². The maximum atomic E-state index is 12.7. The molecule has 0 aliphatic rings. The first-order chi connectivity index (χ1) is 6.65. The minimum Gasteiger partial charge on any atom is -0.355 e. The van der Waals surface area contributed by atoms with Gasteiger partial charge >= 0.3 is 0 Å². The summed E-state index contributed by atoms with van der Waals surface area (Å²) >= 11 is 0. The molecule has 1 amide bonds. The van der Waals surface area contributed by atoms with Crippen LogP contribution >= 0.6 is 0 Å². The van der Waals surface area contributed by atoms with Gasteiger partial charge in [-0.1, -0.05) is 13.8 Å². The van der Waals surface area contributed by atoms with E-state index >= 15 is 0 Å². The Balaban J connectivity index is 0.000000791. The van der Waals surface area contributed by atoms with Gasteiger partial charge in [0.2, 0.25) is 0 Å². The number of hydrogen-bond donors (Lipinski definition) is 1. The van der Waals surface area contributed by atoms with Crippen LogP contribution in [0.3, 0.4) is 0 Å². The summed E-state index contributed by atoms with van der Waals surface area (Å²) in [6, 6.07) is 4.27. The minimum absolute atomic E-state index is 0.196. The highest BCUT2D eigenvalue weighted by molar-refractivity contribution is 5.94. The van der Waals surface area contributed by atoms with Crippen molar-refractivity contribution in [3.05, 3.63) is 35.1 Å². The van der Waals surface area contributed by atoms with Gasteiger partial charge in [0.15, 0.2) is 0 Å². The van der Waals surface area contributed by atoms with Gasteiger partial charge in [0, 0.05) is 12.6 Å². The molecule has 3 heteroatoms. The molecule has 0 spiro atoms. The first-order valence-electron chi connectivity index (χ1n) is 4.63. The largest absolute Gasteiger partial charge is 0.355 e. The molecular formula is C11H16FNO. The maximum Gasteiger partial charge on any atom is 0.251 e. The summed E-state index contributed by atoms with van der Waals surface area (Å²) in [6.45, 7) is 5.63. The molecule has 0 fully saturated rings. The van der Waals surface area contributed by atoms with Crippen LogP contribution in [0, 0.1) is 12.7 Å². The third kappa shape index (κ3) is 3.17. The van der Waals surface area contributed by atoms with Crippen molar-refractivity contribution in [2.24, 2.45) is 0 Å². The van der Waals surface area contributed by atoms with Crippen LogP contribution in [0.1, 0.15) is 29.8 Å². The number of benzene rings is 1. The van der Waals surface area contributed by atoms with Crippen molar-refractivity contribution in [1.82, 2.24) is 5.32 Å². The van der Waals surface area contributed by atoms with Gasteiger partial charge in [-0.2, -0.15) is 0 Å². The lowest BCUT2D eigenvalue weighted by atomic mass is 10.1. The molecule has 1 rings (SSSR count). The zero-order valence-corrected chi connectivity index (χ0v) is 9.02. The normalized spacial score (nSPS) is 8.64. The lowest BCUT2D eigenvalue weighted by molar-refractivity contribution is 0.0963. The van der Waals surface area contributed by atoms with Crippen LogP contribution in [0.4, 0.5) is 4.39 Å². The van der Waals surface area contributed by atoms with Gasteiger partial charge in [-0.25, -0.2) is 4.39 Å². The highest BCUT2D eigenvalue weighted by Gasteiger charge is 2.04. The number of rotatable bonds is 1. The molecule has 0 unspecified atom stereocenters. The average Bonchev–Trinajstić information content (AvgIpc) is 2.24. The molecule has 14 heavy (non-hydrogen) atoms. The number of aryl methyl sites for hydroxylation is 1. The summed E-state index contributed by atoms with van der Waals surface area (Å²) in [7, 11) is 1.54. The van der Waals surface area contributed by atoms with E-state index in [1.165, 1.54) is 18.2 Å². The predicted molar refractivity (Wildman–Crippen MR) is 55.9 cm³/mol. The Labute approximate surface area is 84.1 Å². The third-order valence-electron chi connectivity index (χ3n) is 1.65. The molecule has 0 aliphatic carbocycles. The van der Waals surface area contributed by atoms with E-state index in [0.29, 0.717) is 11.1 Å². The van der Waals surface area contributed by atoms with E-state index in [1.54, 1.807) is 14.0 Å². The van der Waals surface area contributed by atoms with E-state index in [2.05, 4.69) is 5.32 Å². The fourth-order valence-electron chi connectivity index (χ4n) is 0.930. The Morgan fingerprint density at radius 3 is 2.36 bits per heavy atom. The zero-order valence-electron chi connectivity index (χ0n) is 9.02. The number of carbonyl (C=O) groups excluding carboxylic acids is 1. The molecule has 1 aromatic rings. The number of carbonyl (C=O) groups is 1. The van der Waals surface area contributed by atoms with E-state index in [-0.39, 0.29) is 11.7 Å². The lowest BCUT2D eigenvalue weighted by Crippen LogP contribution is -2.17. The zero-order chi connectivity index (χ0) is 11.1. The van der Waals surface area contributed by atoms with Crippen molar-refractivity contribution in [2.75, 3.05) is 7.05 Å². The summed E-state index contributed by atoms with van der Waals surface area (Å²) in [6.07, 6.45) is 0. The Kier molecular flexibility index (Phi) is 5.53. The molecule has 2 nitrogen and oxygen atoms in total. The van der Waals surface area contributed by atoms with E-state index in [1.807, 2.05) is 13.8 Å². The SMILES string of the molecule is CC.CNC(=O)c1ccc(F)c(C)c1. The molecule has 1 aromatic carbocycles. The summed E-state index contributed by atoms with van der Waals surface area (Å²) in [5.41, 5.74) is 0.965. The van der Waals surface area contributed by atoms with Gasteiger partial charge in [-0.15, -0.1) is 0 Å². The van der Waals surface area contributed by atoms with Crippen molar-refractivity contribution >= 4 is 5.91 Å². The van der Waals surface area contributed by atoms with Crippen LogP contribution in [0.15, 0.2) is 18.2 Å². The molecule has 0 saturated heterocycles. The Morgan fingerprint density at radius 2 is 1.93 bits per heavy atom. The third-order valence-corrected chi connectivity index (χ3v) is 1.65. The quantitative estimate of drug-likeness (QED) is 0.736. The van der Waals surface area contributed by atoms with Crippen molar-refractivity contribution in [3.8, 4) is 0 Å². The van der Waals surface area contributed by atoms with Gasteiger partial charge < -0.3 is 5.32 Å². The molecule has 0 bridgehead atoms. The molecule has 1 N–H and O–H groups in total. The summed E-state index contributed by atoms with van der Waals surface area (Å²) in [5, 5.41) is 2.47. The van der Waals surface area contributed by atoms with Crippen LogP contribution in [0.25, 0.3) is 0 Å². The summed E-state index contributed by atoms with van der Waals surface area (Å²) in [5.74, 6) is -0.485. The number of nitrogens with one attached hydrogen (secondary N) is 1. The van der Waals surface area contributed by atoms with E-state index in [4.69, 9.17) is 0 Å². The molecular weight excluding hydrogens is 181 g/mol. The average molecular weight is 197 g/mol. The minimum atomic E-state index is -0.289. The van der Waals surface area contributed by atoms with Crippen LogP contribution in [-0.4, -0.2) is 13.0 Å². The standard InChI is InChI=1S/C9H10FNO.C2H6/c1-6-5-7(9(12)11-2)3-4-8(6)10;1-2/h3-5H,1-2H3,(H,11,12);1-2H3. The monoisotopic (exact) mass is 197 g/mol. The summed E-state index contributed by atoms with van der Waals surface area (Å²) < 4.78 is 12.7. The fraction of sp³-hybridized carbons (Fsp3) is 0.364. The first-order valence-corrected chi connectivity index (χ1v) is 4.63. The molecule has 0 saturated carbocycles. The van der Waals surface area contributed by atoms with Crippen LogP contribution in [0.2, 0.25) is 0 Å². The smallest absolute Gasteiger partial charge is 0.251 e. The first kappa shape index (κ1) is 12.6. The maximum absolute atomic E-state index is 12.7. The second-order valence-electron chi connectivity index (χ2n) is 2.54. The van der Waals surface area contributed by atoms with E-state index in [9.17, 15) is 9.18 Å². The lowest BCUT2D eigenvalue weighted by Gasteiger charge is -2.01. The molecule has 78 valence electrons. The molecule has 0 heterocycles. The molecule has 0 aliphatic heterocycles. The van der Waals surface area contributed by atoms with Crippen molar-refractivity contribution in [2.45, 2.75) is 20.8 Å². The Hall–Kier alpha value is -1.38. The second-order valence-corrected chi connectivity index (χ2v) is 2.54. The van der Waals surface area contributed by atoms with Gasteiger partial charge in [-0.05, 0) is 30.7 Å². The summed E-state index contributed by atoms with van der Waals surface area (Å²) in [4.78, 5) is 11.0. The topological polar surface area (TPSA) is 29.1 Å². The number of hydrogen-bond acceptors (Lipinski definition) is 1. The Morgan fingerprint density at radius 1 is 1.36 bits per heavy atom. The highest BCUT2D eigenvalue weighted by atomic mass is 19.1. The van der Waals surface area contributed by atoms with Gasteiger partial charge in [-0.3, -0.25) is 4.79 Å². The van der Waals surface area contributed by atoms with Crippen molar-refractivity contribution < 1.29 is 9.18 Å². The number of halogens is 1. The Bertz CT molecular complexity index is 310. The fourth-order valence-corrected chi connectivity index (χ4v) is 0.930. The predicted octanol–water partition coefficient (Wildman–Crippen LogP) is 2.52. The van der Waals surface area contributed by atoms with E-state index in [0.717, 1.165) is 0 Å². The van der Waals surface area contributed by atoms with Gasteiger partial charge in [0.05, 0.1) is 0 Å². The van der Waals surface area contributed by atoms with Crippen molar-refractivity contribution in [3.63, 3.8) is 0 Å². The van der Waals surface area contributed by atoms with Gasteiger partial charge in [0.1, 0.15) is 5.82 Å². The molecule has 0 atom stereocenters. The molecule has 0 aromatic heterocycles. The van der Waals surface area contributed by atoms with E-state index < -0.39 is 0 Å².